The molecule has 0 unspecified atom stereocenters. The van der Waals surface area contributed by atoms with E-state index in [1.807, 2.05) is 11.4 Å². The number of aromatic nitrogens is 1. The molecule has 4 nitrogen and oxygen atoms in total. The maximum absolute atomic E-state index is 12.2. The van der Waals surface area contributed by atoms with Gasteiger partial charge in [-0.05, 0) is 18.2 Å². The number of fused-ring (bicyclic) bond motifs is 1. The molecule has 3 N–H and O–H groups in total. The summed E-state index contributed by atoms with van der Waals surface area (Å²) in [4.78, 5) is 16.9. The van der Waals surface area contributed by atoms with Crippen LogP contribution < -0.4 is 11.1 Å². The number of nitrogens with one attached hydrogen (secondary N) is 1. The number of benzene rings is 1. The van der Waals surface area contributed by atoms with E-state index in [1.165, 1.54) is 11.3 Å². The van der Waals surface area contributed by atoms with Gasteiger partial charge in [-0.1, -0.05) is 11.6 Å². The van der Waals surface area contributed by atoms with E-state index in [9.17, 15) is 4.79 Å². The first-order chi connectivity index (χ1) is 10.1. The van der Waals surface area contributed by atoms with Crippen LogP contribution in [0, 0.1) is 0 Å². The molecule has 3 rings (SSSR count). The van der Waals surface area contributed by atoms with E-state index in [2.05, 4.69) is 10.3 Å². The Hall–Kier alpha value is -1.63. The largest absolute Gasteiger partial charge is 0.397 e. The normalized spacial score (nSPS) is 10.9. The second-order valence-corrected chi connectivity index (χ2v) is 6.68. The summed E-state index contributed by atoms with van der Waals surface area (Å²) in [5, 5.41) is 6.30. The molecule has 0 bridgehead atoms. The fraction of sp³-hybridized carbons (Fsp3) is 0.143. The van der Waals surface area contributed by atoms with Crippen LogP contribution in [0.3, 0.4) is 0 Å². The van der Waals surface area contributed by atoms with E-state index in [4.69, 9.17) is 17.3 Å². The van der Waals surface area contributed by atoms with Crippen LogP contribution in [0.25, 0.3) is 10.1 Å². The number of rotatable bonds is 4. The quantitative estimate of drug-likeness (QED) is 0.764. The van der Waals surface area contributed by atoms with Gasteiger partial charge in [0, 0.05) is 33.5 Å². The molecular formula is C14H12ClN3OS2. The third kappa shape index (κ3) is 3.02. The Kier molecular flexibility index (Phi) is 4.10. The minimum Gasteiger partial charge on any atom is -0.397 e. The number of amides is 1. The Morgan fingerprint density at radius 1 is 1.43 bits per heavy atom. The number of nitrogens with two attached hydrogens (primary N) is 1. The third-order valence-corrected chi connectivity index (χ3v) is 5.10. The Balaban J connectivity index is 1.73. The van der Waals surface area contributed by atoms with Crippen LogP contribution in [0.1, 0.15) is 15.4 Å². The highest BCUT2D eigenvalue weighted by atomic mass is 35.5. The van der Waals surface area contributed by atoms with Crippen molar-refractivity contribution in [2.45, 2.75) is 6.42 Å². The first-order valence-corrected chi connectivity index (χ1v) is 8.41. The number of thiophene rings is 1. The maximum Gasteiger partial charge on any atom is 0.263 e. The molecule has 0 aliphatic carbocycles. The van der Waals surface area contributed by atoms with Crippen molar-refractivity contribution in [2.24, 2.45) is 0 Å². The van der Waals surface area contributed by atoms with Crippen molar-refractivity contribution in [2.75, 3.05) is 12.3 Å². The molecule has 108 valence electrons. The van der Waals surface area contributed by atoms with Crippen LogP contribution >= 0.6 is 34.3 Å². The number of hydrogen-bond donors (Lipinski definition) is 2. The van der Waals surface area contributed by atoms with E-state index in [1.54, 1.807) is 29.0 Å². The smallest absolute Gasteiger partial charge is 0.263 e. The fourth-order valence-electron chi connectivity index (χ4n) is 2.00. The lowest BCUT2D eigenvalue weighted by atomic mass is 10.2. The van der Waals surface area contributed by atoms with Crippen molar-refractivity contribution in [3.8, 4) is 0 Å². The van der Waals surface area contributed by atoms with Crippen LogP contribution in [0.15, 0.2) is 29.1 Å². The number of hydrogen-bond acceptors (Lipinski definition) is 5. The molecule has 2 heterocycles. The van der Waals surface area contributed by atoms with Gasteiger partial charge in [-0.3, -0.25) is 4.79 Å². The van der Waals surface area contributed by atoms with Crippen molar-refractivity contribution >= 4 is 56.0 Å². The first-order valence-electron chi connectivity index (χ1n) is 6.28. The van der Waals surface area contributed by atoms with Crippen molar-refractivity contribution in [1.29, 1.82) is 0 Å². The molecule has 7 heteroatoms. The van der Waals surface area contributed by atoms with Crippen molar-refractivity contribution < 1.29 is 4.79 Å². The number of thiazole rings is 1. The Labute approximate surface area is 134 Å². The third-order valence-electron chi connectivity index (χ3n) is 3.04. The van der Waals surface area contributed by atoms with Gasteiger partial charge in [0.05, 0.1) is 16.9 Å². The molecular weight excluding hydrogens is 326 g/mol. The zero-order chi connectivity index (χ0) is 14.8. The van der Waals surface area contributed by atoms with Crippen LogP contribution in [0.2, 0.25) is 5.02 Å². The predicted octanol–water partition coefficient (Wildman–Crippen LogP) is 3.57. The van der Waals surface area contributed by atoms with E-state index >= 15 is 0 Å². The Morgan fingerprint density at radius 3 is 3.05 bits per heavy atom. The summed E-state index contributed by atoms with van der Waals surface area (Å²) < 4.78 is 0.960. The number of carbonyl (C=O) groups excluding carboxylic acids is 1. The lowest BCUT2D eigenvalue weighted by Gasteiger charge is -2.03. The standard InChI is InChI=1S/C14H12ClN3OS2/c15-8-1-2-11-10(5-8)12(16)13(21-11)14(19)17-4-3-9-6-20-7-18-9/h1-2,5-7H,3-4,16H2,(H,17,19). The van der Waals surface area contributed by atoms with Gasteiger partial charge in [0.2, 0.25) is 0 Å². The number of nitrogen functional groups attached to an aromatic ring is 1. The molecule has 2 aromatic heterocycles. The van der Waals surface area contributed by atoms with E-state index in [0.717, 1.165) is 15.8 Å². The van der Waals surface area contributed by atoms with Crippen LogP contribution in [0.4, 0.5) is 5.69 Å². The molecule has 0 atom stereocenters. The van der Waals surface area contributed by atoms with E-state index < -0.39 is 0 Å². The first kappa shape index (κ1) is 14.3. The van der Waals surface area contributed by atoms with E-state index in [0.29, 0.717) is 28.6 Å². The molecule has 0 aliphatic heterocycles. The molecule has 0 radical (unpaired) electrons. The number of halogens is 1. The van der Waals surface area contributed by atoms with Gasteiger partial charge in [0.1, 0.15) is 4.88 Å². The second-order valence-electron chi connectivity index (χ2n) is 4.47. The highest BCUT2D eigenvalue weighted by Crippen LogP contribution is 2.35. The lowest BCUT2D eigenvalue weighted by molar-refractivity contribution is 0.0959. The average molecular weight is 338 g/mol. The van der Waals surface area contributed by atoms with Gasteiger partial charge in [-0.25, -0.2) is 4.98 Å². The van der Waals surface area contributed by atoms with Crippen molar-refractivity contribution in [1.82, 2.24) is 10.3 Å². The highest BCUT2D eigenvalue weighted by molar-refractivity contribution is 7.21. The average Bonchev–Trinajstić information content (AvgIpc) is 3.08. The molecule has 3 aromatic rings. The van der Waals surface area contributed by atoms with Gasteiger partial charge in [-0.15, -0.1) is 22.7 Å². The van der Waals surface area contributed by atoms with Gasteiger partial charge >= 0.3 is 0 Å². The SMILES string of the molecule is Nc1c(C(=O)NCCc2cscn2)sc2ccc(Cl)cc12. The molecule has 1 amide bonds. The zero-order valence-electron chi connectivity index (χ0n) is 10.9. The molecule has 0 aliphatic rings. The molecule has 0 saturated heterocycles. The fourth-order valence-corrected chi connectivity index (χ4v) is 3.79. The van der Waals surface area contributed by atoms with Crippen molar-refractivity contribution in [3.63, 3.8) is 0 Å². The molecule has 1 aromatic carbocycles. The summed E-state index contributed by atoms with van der Waals surface area (Å²) in [7, 11) is 0. The highest BCUT2D eigenvalue weighted by Gasteiger charge is 2.16. The van der Waals surface area contributed by atoms with Gasteiger partial charge in [-0.2, -0.15) is 0 Å². The van der Waals surface area contributed by atoms with Gasteiger partial charge in [0.15, 0.2) is 0 Å². The minimum absolute atomic E-state index is 0.153. The Bertz CT molecular complexity index is 783. The predicted molar refractivity (Wildman–Crippen MR) is 89.4 cm³/mol. The molecule has 0 saturated carbocycles. The van der Waals surface area contributed by atoms with E-state index in [-0.39, 0.29) is 5.91 Å². The zero-order valence-corrected chi connectivity index (χ0v) is 13.3. The van der Waals surface area contributed by atoms with Crippen LogP contribution in [-0.4, -0.2) is 17.4 Å². The second kappa shape index (κ2) is 6.01. The minimum atomic E-state index is -0.153. The molecule has 21 heavy (non-hydrogen) atoms. The number of nitrogens with zero attached hydrogens (tertiary/aromatic N) is 1. The summed E-state index contributed by atoms with van der Waals surface area (Å²) in [6, 6.07) is 5.46. The topological polar surface area (TPSA) is 68.0 Å². The van der Waals surface area contributed by atoms with Crippen LogP contribution in [-0.2, 0) is 6.42 Å². The molecule has 0 spiro atoms. The summed E-state index contributed by atoms with van der Waals surface area (Å²) in [5.41, 5.74) is 9.31. The van der Waals surface area contributed by atoms with Gasteiger partial charge in [0.25, 0.3) is 5.91 Å². The summed E-state index contributed by atoms with van der Waals surface area (Å²) in [6.45, 7) is 0.539. The van der Waals surface area contributed by atoms with Gasteiger partial charge < -0.3 is 11.1 Å². The van der Waals surface area contributed by atoms with Crippen LogP contribution in [0.5, 0.6) is 0 Å². The molecule has 0 fully saturated rings. The summed E-state index contributed by atoms with van der Waals surface area (Å²) in [5.74, 6) is -0.153. The van der Waals surface area contributed by atoms with Crippen molar-refractivity contribution in [3.05, 3.63) is 44.7 Å². The summed E-state index contributed by atoms with van der Waals surface area (Å²) in [6.07, 6.45) is 0.714. The summed E-state index contributed by atoms with van der Waals surface area (Å²) >= 11 is 8.89. The number of anilines is 1. The lowest BCUT2D eigenvalue weighted by Crippen LogP contribution is -2.25. The Morgan fingerprint density at radius 2 is 2.29 bits per heavy atom. The maximum atomic E-state index is 12.2. The number of carbonyl (C=O) groups is 1. The monoisotopic (exact) mass is 337 g/mol.